The molecule has 4 N–H and O–H groups in total. The molecule has 3 aromatic carbocycles. The lowest BCUT2D eigenvalue weighted by Crippen LogP contribution is -2.72. The highest BCUT2D eigenvalue weighted by Crippen LogP contribution is 2.32. The van der Waals surface area contributed by atoms with Crippen molar-refractivity contribution in [2.45, 2.75) is 44.5 Å². The molecule has 1 aliphatic rings. The summed E-state index contributed by atoms with van der Waals surface area (Å²) in [5.41, 5.74) is 4.23. The van der Waals surface area contributed by atoms with Crippen LogP contribution < -0.4 is 10.6 Å². The third kappa shape index (κ3) is 5.84. The molecule has 0 radical (unpaired) electrons. The van der Waals surface area contributed by atoms with E-state index in [0.717, 1.165) is 41.8 Å². The van der Waals surface area contributed by atoms with Crippen LogP contribution in [-0.4, -0.2) is 21.2 Å². The van der Waals surface area contributed by atoms with E-state index >= 15 is 0 Å². The highest BCUT2D eigenvalue weighted by atomic mass is 19.4. The first-order chi connectivity index (χ1) is 18.2. The van der Waals surface area contributed by atoms with Crippen molar-refractivity contribution in [3.8, 4) is 11.3 Å². The van der Waals surface area contributed by atoms with Crippen molar-refractivity contribution in [2.75, 3.05) is 5.32 Å². The molecule has 0 unspecified atom stereocenters. The van der Waals surface area contributed by atoms with E-state index in [0.29, 0.717) is 23.5 Å². The van der Waals surface area contributed by atoms with Crippen molar-refractivity contribution < 1.29 is 28.0 Å². The van der Waals surface area contributed by atoms with Gasteiger partial charge in [-0.2, -0.15) is 18.2 Å². The first kappa shape index (κ1) is 25.8. The second-order valence-corrected chi connectivity index (χ2v) is 9.52. The maximum atomic E-state index is 13.4. The maximum Gasteiger partial charge on any atom is 0.416 e. The normalized spacial score (nSPS) is 16.1. The number of halogens is 4. The van der Waals surface area contributed by atoms with Crippen LogP contribution in [0.4, 0.5) is 35.0 Å². The van der Waals surface area contributed by atoms with Crippen LogP contribution in [0.1, 0.15) is 41.6 Å². The van der Waals surface area contributed by atoms with Crippen LogP contribution in [-0.2, 0) is 19.0 Å². The number of aryl methyl sites for hydroxylation is 1. The van der Waals surface area contributed by atoms with Crippen molar-refractivity contribution in [2.24, 2.45) is 0 Å². The molecule has 0 saturated carbocycles. The van der Waals surface area contributed by atoms with Gasteiger partial charge in [0, 0.05) is 23.6 Å². The SMILES string of the molecule is C[C@H](Nc1nc([NH2+]c2cccc3c2C[C@@H](O)CC3)cc(-c2ccc(C(F)(F)F)cc2)n1)c1ccc(F)cc1. The van der Waals surface area contributed by atoms with Gasteiger partial charge in [-0.05, 0) is 61.2 Å². The Labute approximate surface area is 217 Å². The summed E-state index contributed by atoms with van der Waals surface area (Å²) in [7, 11) is 0. The molecular formula is C29H27F4N4O+. The van der Waals surface area contributed by atoms with E-state index in [4.69, 9.17) is 0 Å². The van der Waals surface area contributed by atoms with Crippen LogP contribution in [0.15, 0.2) is 72.8 Å². The van der Waals surface area contributed by atoms with Crippen molar-refractivity contribution in [3.05, 3.63) is 101 Å². The molecule has 5 nitrogen and oxygen atoms in total. The Bertz CT molecular complexity index is 1420. The minimum absolute atomic E-state index is 0.258. The van der Waals surface area contributed by atoms with E-state index in [1.807, 2.05) is 24.4 Å². The predicted molar refractivity (Wildman–Crippen MR) is 137 cm³/mol. The number of nitrogens with zero attached hydrogens (tertiary/aromatic N) is 2. The molecule has 0 bridgehead atoms. The lowest BCUT2D eigenvalue weighted by molar-refractivity contribution is -0.483. The number of hydrogen-bond donors (Lipinski definition) is 3. The van der Waals surface area contributed by atoms with E-state index in [9.17, 15) is 22.7 Å². The standard InChI is InChI=1S/C29H26F4N4O/c1-17(18-7-12-22(30)13-8-18)34-28-36-26(20-5-10-21(11-6-20)29(31,32)33)16-27(37-28)35-25-4-2-3-19-9-14-23(38)15-24(19)25/h2-8,10-13,16-17,23,38H,9,14-15H2,1H3,(H2,34,35,36,37)/p+1/t17-,23-/m0/s1. The quantitative estimate of drug-likeness (QED) is 0.219. The maximum absolute atomic E-state index is 13.4. The van der Waals surface area contributed by atoms with Gasteiger partial charge in [0.05, 0.1) is 23.4 Å². The van der Waals surface area contributed by atoms with Gasteiger partial charge in [0.1, 0.15) is 11.5 Å². The fraction of sp³-hybridized carbons (Fsp3) is 0.241. The number of aliphatic hydroxyl groups excluding tert-OH is 1. The van der Waals surface area contributed by atoms with E-state index in [-0.39, 0.29) is 17.8 Å². The minimum atomic E-state index is -4.43. The molecule has 0 aliphatic heterocycles. The molecular weight excluding hydrogens is 496 g/mol. The molecule has 2 atom stereocenters. The number of alkyl halides is 3. The Morgan fingerprint density at radius 3 is 2.45 bits per heavy atom. The Morgan fingerprint density at radius 1 is 1.00 bits per heavy atom. The third-order valence-electron chi connectivity index (χ3n) is 6.77. The number of nitrogens with two attached hydrogens (primary N) is 1. The van der Waals surface area contributed by atoms with Crippen LogP contribution in [0.25, 0.3) is 11.3 Å². The number of quaternary nitrogens is 1. The second kappa shape index (κ2) is 10.5. The molecule has 196 valence electrons. The Balaban J connectivity index is 1.51. The van der Waals surface area contributed by atoms with Gasteiger partial charge in [-0.1, -0.05) is 36.4 Å². The largest absolute Gasteiger partial charge is 0.416 e. The van der Waals surface area contributed by atoms with E-state index in [1.54, 1.807) is 18.2 Å². The Hall–Kier alpha value is -3.82. The number of fused-ring (bicyclic) bond motifs is 1. The van der Waals surface area contributed by atoms with Gasteiger partial charge in [-0.25, -0.2) is 9.37 Å². The zero-order chi connectivity index (χ0) is 26.9. The monoisotopic (exact) mass is 523 g/mol. The average Bonchev–Trinajstić information content (AvgIpc) is 2.89. The smallest absolute Gasteiger partial charge is 0.393 e. The molecule has 1 heterocycles. The van der Waals surface area contributed by atoms with Gasteiger partial charge in [0.15, 0.2) is 0 Å². The molecule has 1 aliphatic carbocycles. The van der Waals surface area contributed by atoms with Gasteiger partial charge in [-0.3, -0.25) is 5.32 Å². The van der Waals surface area contributed by atoms with Gasteiger partial charge >= 0.3 is 6.18 Å². The number of rotatable bonds is 6. The third-order valence-corrected chi connectivity index (χ3v) is 6.77. The molecule has 38 heavy (non-hydrogen) atoms. The molecule has 0 spiro atoms. The minimum Gasteiger partial charge on any atom is -0.393 e. The van der Waals surface area contributed by atoms with Crippen molar-refractivity contribution in [3.63, 3.8) is 0 Å². The first-order valence-corrected chi connectivity index (χ1v) is 12.4. The molecule has 9 heteroatoms. The first-order valence-electron chi connectivity index (χ1n) is 12.4. The lowest BCUT2D eigenvalue weighted by atomic mass is 9.88. The summed E-state index contributed by atoms with van der Waals surface area (Å²) in [5.74, 6) is 0.516. The Morgan fingerprint density at radius 2 is 1.74 bits per heavy atom. The van der Waals surface area contributed by atoms with Gasteiger partial charge in [0.2, 0.25) is 11.8 Å². The summed E-state index contributed by atoms with van der Waals surface area (Å²) in [4.78, 5) is 9.25. The number of anilines is 1. The van der Waals surface area contributed by atoms with Crippen molar-refractivity contribution >= 4 is 17.5 Å². The van der Waals surface area contributed by atoms with Gasteiger partial charge < -0.3 is 10.4 Å². The molecule has 0 saturated heterocycles. The molecule has 1 aromatic heterocycles. The van der Waals surface area contributed by atoms with Crippen LogP contribution in [0.2, 0.25) is 0 Å². The summed E-state index contributed by atoms with van der Waals surface area (Å²) in [5, 5.41) is 15.4. The average molecular weight is 524 g/mol. The number of benzene rings is 3. The van der Waals surface area contributed by atoms with Crippen LogP contribution in [0.3, 0.4) is 0 Å². The number of aliphatic hydroxyl groups is 1. The fourth-order valence-electron chi connectivity index (χ4n) is 4.70. The van der Waals surface area contributed by atoms with Crippen LogP contribution >= 0.6 is 0 Å². The van der Waals surface area contributed by atoms with Crippen molar-refractivity contribution in [1.29, 1.82) is 0 Å². The number of aromatic nitrogens is 2. The van der Waals surface area contributed by atoms with E-state index in [2.05, 4.69) is 21.4 Å². The summed E-state index contributed by atoms with van der Waals surface area (Å²) in [6.07, 6.45) is -2.78. The summed E-state index contributed by atoms with van der Waals surface area (Å²) >= 11 is 0. The molecule has 0 fully saturated rings. The van der Waals surface area contributed by atoms with Crippen molar-refractivity contribution in [1.82, 2.24) is 9.97 Å². The lowest BCUT2D eigenvalue weighted by Gasteiger charge is -2.21. The summed E-state index contributed by atoms with van der Waals surface area (Å²) in [6, 6.07) is 18.4. The Kier molecular flexibility index (Phi) is 7.14. The summed E-state index contributed by atoms with van der Waals surface area (Å²) in [6.45, 7) is 1.89. The fourth-order valence-corrected chi connectivity index (χ4v) is 4.70. The molecule has 4 aromatic rings. The number of hydrogen-bond acceptors (Lipinski definition) is 4. The van der Waals surface area contributed by atoms with E-state index in [1.165, 1.54) is 29.8 Å². The zero-order valence-electron chi connectivity index (χ0n) is 20.6. The van der Waals surface area contributed by atoms with Gasteiger partial charge in [-0.15, -0.1) is 0 Å². The highest BCUT2D eigenvalue weighted by Gasteiger charge is 2.30. The predicted octanol–water partition coefficient (Wildman–Crippen LogP) is 5.85. The molecule has 5 rings (SSSR count). The van der Waals surface area contributed by atoms with Crippen LogP contribution in [0.5, 0.6) is 0 Å². The van der Waals surface area contributed by atoms with E-state index < -0.39 is 17.8 Å². The van der Waals surface area contributed by atoms with Gasteiger partial charge in [0.25, 0.3) is 0 Å². The highest BCUT2D eigenvalue weighted by molar-refractivity contribution is 5.63. The second-order valence-electron chi connectivity index (χ2n) is 9.52. The zero-order valence-corrected chi connectivity index (χ0v) is 20.6. The molecule has 0 amide bonds. The topological polar surface area (TPSA) is 74.7 Å². The summed E-state index contributed by atoms with van der Waals surface area (Å²) < 4.78 is 52.7. The van der Waals surface area contributed by atoms with Crippen LogP contribution in [0, 0.1) is 5.82 Å². The number of nitrogens with one attached hydrogen (secondary N) is 1.